The van der Waals surface area contributed by atoms with Crippen LogP contribution in [0.5, 0.6) is 0 Å². The highest BCUT2D eigenvalue weighted by Gasteiger charge is 2.18. The van der Waals surface area contributed by atoms with Crippen molar-refractivity contribution >= 4 is 27.4 Å². The van der Waals surface area contributed by atoms with E-state index in [0.717, 1.165) is 45.0 Å². The molecule has 1 aromatic carbocycles. The van der Waals surface area contributed by atoms with E-state index in [4.69, 9.17) is 15.5 Å². The summed E-state index contributed by atoms with van der Waals surface area (Å²) in [6.07, 6.45) is 4.32. The van der Waals surface area contributed by atoms with Crippen molar-refractivity contribution in [2.75, 3.05) is 19.5 Å². The third-order valence-electron chi connectivity index (χ3n) is 4.23. The van der Waals surface area contributed by atoms with Crippen LogP contribution in [0.4, 0.5) is 5.82 Å². The van der Waals surface area contributed by atoms with Gasteiger partial charge in [0.25, 0.3) is 0 Å². The van der Waals surface area contributed by atoms with Gasteiger partial charge in [-0.15, -0.1) is 11.3 Å². The first-order chi connectivity index (χ1) is 12.8. The van der Waals surface area contributed by atoms with Crippen molar-refractivity contribution < 1.29 is 4.74 Å². The average molecular weight is 365 g/mol. The standard InChI is InChI=1S/C19H19N5OS/c1-25-9-5-8-24-12-23-16(13-6-3-2-4-7-13)17(24)15-10-14-18(20)21-11-22-19(14)26-15/h2-4,6-7,10-12H,5,8-9H2,1H3,(H2,20,21,22). The summed E-state index contributed by atoms with van der Waals surface area (Å²) in [6, 6.07) is 12.3. The fourth-order valence-electron chi connectivity index (χ4n) is 2.99. The Kier molecular flexibility index (Phi) is 4.64. The molecule has 6 nitrogen and oxygen atoms in total. The molecule has 0 saturated heterocycles. The number of hydrogen-bond donors (Lipinski definition) is 1. The second-order valence-corrected chi connectivity index (χ2v) is 6.97. The first kappa shape index (κ1) is 16.7. The van der Waals surface area contributed by atoms with Crippen LogP contribution in [0.1, 0.15) is 6.42 Å². The molecule has 0 bridgehead atoms. The van der Waals surface area contributed by atoms with Gasteiger partial charge in [0.1, 0.15) is 17.0 Å². The van der Waals surface area contributed by atoms with Crippen LogP contribution in [0, 0.1) is 0 Å². The Balaban J connectivity index is 1.85. The molecule has 0 radical (unpaired) electrons. The van der Waals surface area contributed by atoms with Gasteiger partial charge in [0.05, 0.1) is 28.0 Å². The fourth-order valence-corrected chi connectivity index (χ4v) is 4.06. The molecule has 0 aliphatic rings. The molecule has 0 amide bonds. The van der Waals surface area contributed by atoms with Crippen LogP contribution in [0.15, 0.2) is 49.1 Å². The predicted octanol–water partition coefficient (Wildman–Crippen LogP) is 3.84. The molecule has 0 atom stereocenters. The van der Waals surface area contributed by atoms with Crippen LogP contribution in [0.25, 0.3) is 32.0 Å². The Morgan fingerprint density at radius 1 is 1.15 bits per heavy atom. The topological polar surface area (TPSA) is 78.9 Å². The monoisotopic (exact) mass is 365 g/mol. The maximum absolute atomic E-state index is 6.02. The van der Waals surface area contributed by atoms with E-state index in [1.807, 2.05) is 24.5 Å². The minimum atomic E-state index is 0.504. The number of imidazole rings is 1. The molecule has 4 aromatic rings. The molecule has 0 fully saturated rings. The quantitative estimate of drug-likeness (QED) is 0.525. The third kappa shape index (κ3) is 3.07. The molecule has 0 saturated carbocycles. The van der Waals surface area contributed by atoms with Crippen molar-refractivity contribution in [3.05, 3.63) is 49.1 Å². The van der Waals surface area contributed by atoms with Crippen LogP contribution < -0.4 is 5.73 Å². The summed E-state index contributed by atoms with van der Waals surface area (Å²) >= 11 is 1.61. The molecular formula is C19H19N5OS. The van der Waals surface area contributed by atoms with E-state index in [0.29, 0.717) is 12.4 Å². The number of nitrogen functional groups attached to an aromatic ring is 1. The zero-order valence-corrected chi connectivity index (χ0v) is 15.2. The number of nitrogens with two attached hydrogens (primary N) is 1. The smallest absolute Gasteiger partial charge is 0.135 e. The lowest BCUT2D eigenvalue weighted by molar-refractivity contribution is 0.190. The highest BCUT2D eigenvalue weighted by Crippen LogP contribution is 2.38. The highest BCUT2D eigenvalue weighted by atomic mass is 32.1. The Morgan fingerprint density at radius 3 is 2.77 bits per heavy atom. The van der Waals surface area contributed by atoms with Crippen molar-refractivity contribution in [3.63, 3.8) is 0 Å². The zero-order chi connectivity index (χ0) is 17.9. The van der Waals surface area contributed by atoms with E-state index >= 15 is 0 Å². The van der Waals surface area contributed by atoms with E-state index in [9.17, 15) is 0 Å². The molecule has 26 heavy (non-hydrogen) atoms. The van der Waals surface area contributed by atoms with Crippen molar-refractivity contribution in [3.8, 4) is 21.8 Å². The van der Waals surface area contributed by atoms with Gasteiger partial charge in [0, 0.05) is 25.8 Å². The number of aromatic nitrogens is 4. The van der Waals surface area contributed by atoms with Crippen molar-refractivity contribution in [1.29, 1.82) is 0 Å². The average Bonchev–Trinajstić information content (AvgIpc) is 3.27. The number of thiophene rings is 1. The lowest BCUT2D eigenvalue weighted by Crippen LogP contribution is -2.01. The summed E-state index contributed by atoms with van der Waals surface area (Å²) in [5.74, 6) is 0.504. The number of nitrogens with zero attached hydrogens (tertiary/aromatic N) is 4. The molecule has 7 heteroatoms. The molecule has 0 unspecified atom stereocenters. The summed E-state index contributed by atoms with van der Waals surface area (Å²) in [5, 5.41) is 0.885. The van der Waals surface area contributed by atoms with Crippen LogP contribution in [-0.4, -0.2) is 33.2 Å². The lowest BCUT2D eigenvalue weighted by Gasteiger charge is -2.08. The normalized spacial score (nSPS) is 11.3. The SMILES string of the molecule is COCCCn1cnc(-c2ccccc2)c1-c1cc2c(N)ncnc2s1. The summed E-state index contributed by atoms with van der Waals surface area (Å²) in [4.78, 5) is 15.1. The summed E-state index contributed by atoms with van der Waals surface area (Å²) in [7, 11) is 1.72. The van der Waals surface area contributed by atoms with E-state index in [2.05, 4.69) is 32.7 Å². The number of hydrogen-bond acceptors (Lipinski definition) is 6. The Hall–Kier alpha value is -2.77. The summed E-state index contributed by atoms with van der Waals surface area (Å²) in [5.41, 5.74) is 9.15. The van der Waals surface area contributed by atoms with Gasteiger partial charge in [-0.1, -0.05) is 30.3 Å². The first-order valence-electron chi connectivity index (χ1n) is 8.38. The van der Waals surface area contributed by atoms with Gasteiger partial charge in [0.2, 0.25) is 0 Å². The molecule has 3 aromatic heterocycles. The van der Waals surface area contributed by atoms with Crippen LogP contribution in [-0.2, 0) is 11.3 Å². The number of aryl methyl sites for hydroxylation is 1. The molecule has 3 heterocycles. The van der Waals surface area contributed by atoms with Gasteiger partial charge in [-0.3, -0.25) is 0 Å². The Labute approximate surface area is 155 Å². The van der Waals surface area contributed by atoms with Crippen molar-refractivity contribution in [2.24, 2.45) is 0 Å². The highest BCUT2D eigenvalue weighted by molar-refractivity contribution is 7.21. The van der Waals surface area contributed by atoms with E-state index in [1.54, 1.807) is 18.4 Å². The van der Waals surface area contributed by atoms with Crippen molar-refractivity contribution in [2.45, 2.75) is 13.0 Å². The van der Waals surface area contributed by atoms with Gasteiger partial charge in [0.15, 0.2) is 0 Å². The molecule has 2 N–H and O–H groups in total. The lowest BCUT2D eigenvalue weighted by atomic mass is 10.1. The first-order valence-corrected chi connectivity index (χ1v) is 9.19. The maximum atomic E-state index is 6.02. The largest absolute Gasteiger partial charge is 0.385 e. The minimum absolute atomic E-state index is 0.504. The van der Waals surface area contributed by atoms with Crippen molar-refractivity contribution in [1.82, 2.24) is 19.5 Å². The second kappa shape index (κ2) is 7.23. The van der Waals surface area contributed by atoms with Crippen LogP contribution >= 0.6 is 11.3 Å². The van der Waals surface area contributed by atoms with Gasteiger partial charge in [-0.05, 0) is 12.5 Å². The number of fused-ring (bicyclic) bond motifs is 1. The second-order valence-electron chi connectivity index (χ2n) is 5.94. The third-order valence-corrected chi connectivity index (χ3v) is 5.28. The van der Waals surface area contributed by atoms with E-state index in [1.165, 1.54) is 6.33 Å². The Morgan fingerprint density at radius 2 is 2.00 bits per heavy atom. The molecule has 132 valence electrons. The van der Waals surface area contributed by atoms with Crippen LogP contribution in [0.2, 0.25) is 0 Å². The molecular weight excluding hydrogens is 346 g/mol. The van der Waals surface area contributed by atoms with Gasteiger partial charge < -0.3 is 15.0 Å². The van der Waals surface area contributed by atoms with Gasteiger partial charge in [-0.2, -0.15) is 0 Å². The van der Waals surface area contributed by atoms with Crippen LogP contribution in [0.3, 0.4) is 0 Å². The number of benzene rings is 1. The van der Waals surface area contributed by atoms with Gasteiger partial charge >= 0.3 is 0 Å². The number of ether oxygens (including phenoxy) is 1. The summed E-state index contributed by atoms with van der Waals surface area (Å²) < 4.78 is 7.37. The zero-order valence-electron chi connectivity index (χ0n) is 14.4. The van der Waals surface area contributed by atoms with E-state index in [-0.39, 0.29) is 0 Å². The molecule has 0 aliphatic heterocycles. The summed E-state index contributed by atoms with van der Waals surface area (Å²) in [6.45, 7) is 1.54. The van der Waals surface area contributed by atoms with Gasteiger partial charge in [-0.25, -0.2) is 15.0 Å². The molecule has 0 spiro atoms. The Bertz CT molecular complexity index is 1030. The molecule has 4 rings (SSSR count). The number of methoxy groups -OCH3 is 1. The number of anilines is 1. The molecule has 0 aliphatic carbocycles. The number of rotatable bonds is 6. The predicted molar refractivity (Wildman–Crippen MR) is 105 cm³/mol. The minimum Gasteiger partial charge on any atom is -0.385 e. The maximum Gasteiger partial charge on any atom is 0.135 e. The fraction of sp³-hybridized carbons (Fsp3) is 0.211. The van der Waals surface area contributed by atoms with E-state index < -0.39 is 0 Å².